The average molecular weight is 211 g/mol. The number of aliphatic hydroxyl groups excluding tert-OH is 1. The molecule has 0 saturated carbocycles. The predicted molar refractivity (Wildman–Crippen MR) is 60.7 cm³/mol. The van der Waals surface area contributed by atoms with Gasteiger partial charge < -0.3 is 15.7 Å². The maximum atomic E-state index is 9.66. The Morgan fingerprint density at radius 3 is 2.53 bits per heavy atom. The van der Waals surface area contributed by atoms with Gasteiger partial charge in [0.25, 0.3) is 0 Å². The fraction of sp³-hybridized carbons (Fsp3) is 0.909. The summed E-state index contributed by atoms with van der Waals surface area (Å²) in [6, 6.07) is 0.860. The predicted octanol–water partition coefficient (Wildman–Crippen LogP) is 0.699. The summed E-state index contributed by atoms with van der Waals surface area (Å²) in [5.74, 6) is 0.691. The summed E-state index contributed by atoms with van der Waals surface area (Å²) in [6.07, 6.45) is 4.94. The highest BCUT2D eigenvalue weighted by Crippen LogP contribution is 2.35. The summed E-state index contributed by atoms with van der Waals surface area (Å²) >= 11 is 0. The van der Waals surface area contributed by atoms with Crippen LogP contribution in [0.2, 0.25) is 0 Å². The second-order valence-corrected chi connectivity index (χ2v) is 4.66. The summed E-state index contributed by atoms with van der Waals surface area (Å²) < 4.78 is 0. The molecule has 0 radical (unpaired) electrons. The van der Waals surface area contributed by atoms with E-state index in [0.29, 0.717) is 18.0 Å². The van der Waals surface area contributed by atoms with Gasteiger partial charge in [0.15, 0.2) is 5.96 Å². The van der Waals surface area contributed by atoms with Crippen LogP contribution in [0.5, 0.6) is 0 Å². The molecule has 0 aromatic carbocycles. The normalized spacial score (nSPS) is 36.0. The quantitative estimate of drug-likeness (QED) is 0.522. The zero-order chi connectivity index (χ0) is 10.8. The Morgan fingerprint density at radius 2 is 2.00 bits per heavy atom. The van der Waals surface area contributed by atoms with Crippen LogP contribution in [-0.2, 0) is 0 Å². The highest BCUT2D eigenvalue weighted by atomic mass is 16.3. The molecule has 2 rings (SSSR count). The second-order valence-electron chi connectivity index (χ2n) is 4.66. The number of guanidine groups is 1. The molecule has 0 aromatic heterocycles. The summed E-state index contributed by atoms with van der Waals surface area (Å²) in [6.45, 7) is 2.91. The van der Waals surface area contributed by atoms with Crippen molar-refractivity contribution in [1.29, 1.82) is 0 Å². The van der Waals surface area contributed by atoms with E-state index in [1.807, 2.05) is 0 Å². The summed E-state index contributed by atoms with van der Waals surface area (Å²) in [4.78, 5) is 6.61. The van der Waals surface area contributed by atoms with E-state index in [9.17, 15) is 5.11 Å². The molecule has 15 heavy (non-hydrogen) atoms. The zero-order valence-corrected chi connectivity index (χ0v) is 9.39. The number of piperidine rings is 1. The summed E-state index contributed by atoms with van der Waals surface area (Å²) in [7, 11) is 0. The number of aliphatic hydroxyl groups is 1. The van der Waals surface area contributed by atoms with Gasteiger partial charge in [-0.1, -0.05) is 6.92 Å². The molecule has 4 heteroatoms. The number of hydrogen-bond acceptors (Lipinski definition) is 2. The Morgan fingerprint density at radius 1 is 1.40 bits per heavy atom. The Kier molecular flexibility index (Phi) is 3.14. The van der Waals surface area contributed by atoms with Gasteiger partial charge in [-0.15, -0.1) is 0 Å². The van der Waals surface area contributed by atoms with Gasteiger partial charge in [0, 0.05) is 18.6 Å². The van der Waals surface area contributed by atoms with Crippen LogP contribution < -0.4 is 5.73 Å². The van der Waals surface area contributed by atoms with Crippen molar-refractivity contribution in [1.82, 2.24) is 4.90 Å². The minimum absolute atomic E-state index is 0.127. The summed E-state index contributed by atoms with van der Waals surface area (Å²) in [5.41, 5.74) is 6.00. The van der Waals surface area contributed by atoms with Gasteiger partial charge in [0.2, 0.25) is 0 Å². The van der Waals surface area contributed by atoms with Crippen LogP contribution in [0.4, 0.5) is 0 Å². The molecule has 3 N–H and O–H groups in total. The van der Waals surface area contributed by atoms with Crippen LogP contribution in [0.3, 0.4) is 0 Å². The first-order chi connectivity index (χ1) is 7.22. The van der Waals surface area contributed by atoms with Gasteiger partial charge >= 0.3 is 0 Å². The number of nitrogens with zero attached hydrogens (tertiary/aromatic N) is 2. The molecule has 2 fully saturated rings. The fourth-order valence-corrected chi connectivity index (χ4v) is 2.83. The van der Waals surface area contributed by atoms with Crippen LogP contribution in [-0.4, -0.2) is 40.7 Å². The number of rotatable bonds is 2. The maximum Gasteiger partial charge on any atom is 0.191 e. The molecule has 2 aliphatic heterocycles. The molecule has 0 amide bonds. The molecule has 2 bridgehead atoms. The maximum absolute atomic E-state index is 9.66. The van der Waals surface area contributed by atoms with Crippen molar-refractivity contribution in [3.05, 3.63) is 0 Å². The molecule has 2 saturated heterocycles. The third-order valence-electron chi connectivity index (χ3n) is 3.47. The lowest BCUT2D eigenvalue weighted by atomic mass is 10.0. The van der Waals surface area contributed by atoms with Gasteiger partial charge in [0.05, 0.1) is 6.10 Å². The Balaban J connectivity index is 2.04. The Hall–Kier alpha value is -0.770. The monoisotopic (exact) mass is 211 g/mol. The van der Waals surface area contributed by atoms with Gasteiger partial charge in [-0.3, -0.25) is 4.99 Å². The molecule has 2 heterocycles. The van der Waals surface area contributed by atoms with E-state index in [4.69, 9.17) is 5.73 Å². The minimum atomic E-state index is -0.127. The van der Waals surface area contributed by atoms with Crippen molar-refractivity contribution in [2.24, 2.45) is 10.7 Å². The standard InChI is InChI=1S/C11H21N3O/c1-2-5-13-11(12)14-8-3-4-9(14)7-10(15)6-8/h8-10,15H,2-7H2,1H3,(H2,12,13). The number of fused-ring (bicyclic) bond motifs is 2. The van der Waals surface area contributed by atoms with Crippen molar-refractivity contribution < 1.29 is 5.11 Å². The molecular weight excluding hydrogens is 190 g/mol. The van der Waals surface area contributed by atoms with E-state index >= 15 is 0 Å². The fourth-order valence-electron chi connectivity index (χ4n) is 2.83. The van der Waals surface area contributed by atoms with E-state index in [1.165, 1.54) is 0 Å². The Bertz CT molecular complexity index is 240. The highest BCUT2D eigenvalue weighted by molar-refractivity contribution is 5.79. The number of nitrogens with two attached hydrogens (primary N) is 1. The second kappa shape index (κ2) is 4.39. The SMILES string of the molecule is CCCN=C(N)N1C2CCC1CC(O)C2. The lowest BCUT2D eigenvalue weighted by molar-refractivity contribution is 0.0704. The summed E-state index contributed by atoms with van der Waals surface area (Å²) in [5, 5.41) is 9.66. The van der Waals surface area contributed by atoms with Gasteiger partial charge in [-0.05, 0) is 32.1 Å². The average Bonchev–Trinajstić information content (AvgIpc) is 2.48. The lowest BCUT2D eigenvalue weighted by Crippen LogP contribution is -2.51. The molecule has 0 aromatic rings. The van der Waals surface area contributed by atoms with Crippen LogP contribution in [0.1, 0.15) is 39.0 Å². The number of hydrogen-bond donors (Lipinski definition) is 2. The first kappa shape index (κ1) is 10.7. The molecule has 4 nitrogen and oxygen atoms in total. The van der Waals surface area contributed by atoms with E-state index in [2.05, 4.69) is 16.8 Å². The molecular formula is C11H21N3O. The lowest BCUT2D eigenvalue weighted by Gasteiger charge is -2.37. The highest BCUT2D eigenvalue weighted by Gasteiger charge is 2.41. The van der Waals surface area contributed by atoms with Crippen molar-refractivity contribution in [2.75, 3.05) is 6.54 Å². The van der Waals surface area contributed by atoms with Crippen LogP contribution in [0.15, 0.2) is 4.99 Å². The Labute approximate surface area is 91.2 Å². The molecule has 0 aliphatic carbocycles. The molecule has 86 valence electrons. The molecule has 2 unspecified atom stereocenters. The third kappa shape index (κ3) is 2.09. The minimum Gasteiger partial charge on any atom is -0.393 e. The first-order valence-corrected chi connectivity index (χ1v) is 5.98. The van der Waals surface area contributed by atoms with E-state index < -0.39 is 0 Å². The van der Waals surface area contributed by atoms with Crippen molar-refractivity contribution >= 4 is 5.96 Å². The smallest absolute Gasteiger partial charge is 0.191 e. The largest absolute Gasteiger partial charge is 0.393 e. The van der Waals surface area contributed by atoms with Crippen LogP contribution in [0.25, 0.3) is 0 Å². The van der Waals surface area contributed by atoms with E-state index in [0.717, 1.165) is 38.6 Å². The molecule has 2 atom stereocenters. The van der Waals surface area contributed by atoms with Crippen LogP contribution in [0, 0.1) is 0 Å². The zero-order valence-electron chi connectivity index (χ0n) is 9.39. The number of aliphatic imine (C=N–C) groups is 1. The van der Waals surface area contributed by atoms with Gasteiger partial charge in [0.1, 0.15) is 0 Å². The third-order valence-corrected chi connectivity index (χ3v) is 3.47. The van der Waals surface area contributed by atoms with Gasteiger partial charge in [-0.2, -0.15) is 0 Å². The van der Waals surface area contributed by atoms with Gasteiger partial charge in [-0.25, -0.2) is 0 Å². The topological polar surface area (TPSA) is 61.8 Å². The van der Waals surface area contributed by atoms with Crippen LogP contribution >= 0.6 is 0 Å². The first-order valence-electron chi connectivity index (χ1n) is 5.98. The molecule has 2 aliphatic rings. The van der Waals surface area contributed by atoms with Crippen molar-refractivity contribution in [3.8, 4) is 0 Å². The van der Waals surface area contributed by atoms with Crippen molar-refractivity contribution in [2.45, 2.75) is 57.2 Å². The van der Waals surface area contributed by atoms with E-state index in [-0.39, 0.29) is 6.10 Å². The van der Waals surface area contributed by atoms with Crippen molar-refractivity contribution in [3.63, 3.8) is 0 Å². The molecule has 0 spiro atoms. The van der Waals surface area contributed by atoms with E-state index in [1.54, 1.807) is 0 Å².